The fourth-order valence-corrected chi connectivity index (χ4v) is 11.0. The Morgan fingerprint density at radius 3 is 2.77 bits per heavy atom. The van der Waals surface area contributed by atoms with Crippen LogP contribution in [0.3, 0.4) is 0 Å². The molecule has 8 atom stereocenters. The Labute approximate surface area is 246 Å². The van der Waals surface area contributed by atoms with Crippen molar-refractivity contribution in [2.45, 2.75) is 107 Å². The highest BCUT2D eigenvalue weighted by Gasteiger charge is 2.53. The van der Waals surface area contributed by atoms with Gasteiger partial charge in [-0.3, -0.25) is 9.36 Å². The number of alkyl halides is 1. The molecule has 1 saturated carbocycles. The van der Waals surface area contributed by atoms with Crippen LogP contribution in [0.2, 0.25) is 18.1 Å². The van der Waals surface area contributed by atoms with Crippen molar-refractivity contribution in [2.24, 2.45) is 5.92 Å². The number of ether oxygens (including phenoxy) is 1. The number of hydrogen-bond acceptors (Lipinski definition) is 9. The maximum Gasteiger partial charge on any atom is 0.415 e. The van der Waals surface area contributed by atoms with Crippen molar-refractivity contribution >= 4 is 48.8 Å². The van der Waals surface area contributed by atoms with Crippen LogP contribution >= 0.6 is 17.5 Å². The summed E-state index contributed by atoms with van der Waals surface area (Å²) < 4.78 is 36.2. The lowest BCUT2D eigenvalue weighted by Crippen LogP contribution is -2.49. The normalized spacial score (nSPS) is 32.0. The molecular formula is C26H41FN4O5PS2Si+. The van der Waals surface area contributed by atoms with E-state index < -0.39 is 55.5 Å². The lowest BCUT2D eigenvalue weighted by molar-refractivity contribution is -0.0377. The van der Waals surface area contributed by atoms with Crippen molar-refractivity contribution < 1.29 is 23.2 Å². The van der Waals surface area contributed by atoms with Crippen LogP contribution < -0.4 is 5.56 Å². The SMILES string of the molecule is C=C(C)[C@@H]1CC[C@](C)(S[P+](=S)OC[C@H]2O[C@@H](n3cnc4c(=O)[nH]cnc43)[C@H](F)C2O[Si](C)(C)C(C)(C)C)[C@@H](O)C1. The molecule has 1 aliphatic carbocycles. The molecule has 2 unspecified atom stereocenters. The highest BCUT2D eigenvalue weighted by molar-refractivity contribution is 8.63. The van der Waals surface area contributed by atoms with Gasteiger partial charge in [0.1, 0.15) is 30.2 Å². The monoisotopic (exact) mass is 631 g/mol. The summed E-state index contributed by atoms with van der Waals surface area (Å²) in [6.07, 6.45) is -1.18. The largest absolute Gasteiger partial charge is 0.415 e. The molecule has 1 saturated heterocycles. The van der Waals surface area contributed by atoms with Gasteiger partial charge < -0.3 is 19.3 Å². The molecule has 14 heteroatoms. The fourth-order valence-electron chi connectivity index (χ4n) is 4.91. The molecule has 222 valence electrons. The second-order valence-corrected chi connectivity index (χ2v) is 22.5. The van der Waals surface area contributed by atoms with Crippen LogP contribution in [0.25, 0.3) is 11.2 Å². The minimum atomic E-state index is -2.40. The zero-order chi connectivity index (χ0) is 29.6. The summed E-state index contributed by atoms with van der Waals surface area (Å²) in [6, 6.07) is 0. The molecule has 9 nitrogen and oxygen atoms in total. The van der Waals surface area contributed by atoms with Crippen LogP contribution in [0, 0.1) is 5.92 Å². The molecule has 2 aliphatic rings. The van der Waals surface area contributed by atoms with Crippen molar-refractivity contribution in [1.82, 2.24) is 19.5 Å². The quantitative estimate of drug-likeness (QED) is 0.203. The Morgan fingerprint density at radius 2 is 2.15 bits per heavy atom. The maximum atomic E-state index is 16.2. The summed E-state index contributed by atoms with van der Waals surface area (Å²) >= 11 is 7.20. The third-order valence-electron chi connectivity index (χ3n) is 8.67. The summed E-state index contributed by atoms with van der Waals surface area (Å²) in [5.74, 6) is 0.309. The molecule has 4 rings (SSSR count). The highest BCUT2D eigenvalue weighted by atomic mass is 32.9. The molecule has 0 aromatic carbocycles. The zero-order valence-electron chi connectivity index (χ0n) is 24.2. The molecule has 2 aromatic rings. The van der Waals surface area contributed by atoms with Gasteiger partial charge in [0.2, 0.25) is 11.8 Å². The Hall–Kier alpha value is -1.05. The average Bonchev–Trinajstić information content (AvgIpc) is 3.40. The second kappa shape index (κ2) is 11.9. The van der Waals surface area contributed by atoms with Crippen molar-refractivity contribution in [2.75, 3.05) is 6.61 Å². The molecule has 1 aliphatic heterocycles. The van der Waals surface area contributed by atoms with E-state index in [9.17, 15) is 9.90 Å². The third kappa shape index (κ3) is 6.46. The number of halogens is 1. The van der Waals surface area contributed by atoms with E-state index in [1.807, 2.05) is 13.8 Å². The number of fused-ring (bicyclic) bond motifs is 1. The first kappa shape index (κ1) is 31.9. The second-order valence-electron chi connectivity index (χ2n) is 12.7. The number of aromatic nitrogens is 4. The Balaban J connectivity index is 1.51. The van der Waals surface area contributed by atoms with Gasteiger partial charge >= 0.3 is 6.13 Å². The zero-order valence-corrected chi connectivity index (χ0v) is 27.7. The smallest absolute Gasteiger partial charge is 0.408 e. The predicted octanol–water partition coefficient (Wildman–Crippen LogP) is 5.76. The van der Waals surface area contributed by atoms with Crippen LogP contribution in [0.4, 0.5) is 4.39 Å². The van der Waals surface area contributed by atoms with E-state index in [-0.39, 0.29) is 22.8 Å². The first-order valence-electron chi connectivity index (χ1n) is 13.5. The molecule has 0 amide bonds. The van der Waals surface area contributed by atoms with Gasteiger partial charge in [0, 0.05) is 0 Å². The molecule has 2 fully saturated rings. The number of H-pyrrole nitrogens is 1. The van der Waals surface area contributed by atoms with E-state index in [0.717, 1.165) is 18.4 Å². The molecule has 40 heavy (non-hydrogen) atoms. The lowest BCUT2D eigenvalue weighted by atomic mass is 9.77. The minimum Gasteiger partial charge on any atom is -0.408 e. The van der Waals surface area contributed by atoms with Crippen molar-refractivity contribution in [3.63, 3.8) is 0 Å². The number of nitrogens with zero attached hydrogens (tertiary/aromatic N) is 3. The number of aromatic amines is 1. The topological polar surface area (TPSA) is 111 Å². The standard InChI is InChI=1S/C26H40FN4O5PS2Si/c1-15(2)16-9-10-26(6,18(32)11-16)39-37(38)34-12-17-21(36-40(7,8)25(3,4)5)19(27)24(35-17)31-14-30-20-22(31)28-13-29-23(20)33/h13-14,16-19,21,24,32H,1,9-12H2,2-8H3/p+1/t16-,17-,18+,19-,21?,24-,26+/m1/s1. The van der Waals surface area contributed by atoms with Crippen molar-refractivity contribution in [3.8, 4) is 0 Å². The van der Waals surface area contributed by atoms with Gasteiger partial charge in [0.15, 0.2) is 31.9 Å². The summed E-state index contributed by atoms with van der Waals surface area (Å²) in [6.45, 7) is 18.6. The molecule has 3 heterocycles. The summed E-state index contributed by atoms with van der Waals surface area (Å²) in [5, 5.41) is 10.8. The van der Waals surface area contributed by atoms with Crippen LogP contribution in [0.5, 0.6) is 0 Å². The van der Waals surface area contributed by atoms with E-state index in [0.29, 0.717) is 12.3 Å². The van der Waals surface area contributed by atoms with Crippen LogP contribution in [0.1, 0.15) is 60.1 Å². The number of hydrogen-bond donors (Lipinski definition) is 2. The number of aliphatic hydroxyl groups is 1. The van der Waals surface area contributed by atoms with Crippen LogP contribution in [0.15, 0.2) is 29.6 Å². The Kier molecular flexibility index (Phi) is 9.49. The molecule has 2 N–H and O–H groups in total. The summed E-state index contributed by atoms with van der Waals surface area (Å²) in [5.41, 5.74) is 1.03. The number of aliphatic hydroxyl groups excluding tert-OH is 1. The number of nitrogens with one attached hydrogen (secondary N) is 1. The molecule has 0 bridgehead atoms. The van der Waals surface area contributed by atoms with Gasteiger partial charge in [0.25, 0.3) is 5.56 Å². The van der Waals surface area contributed by atoms with Gasteiger partial charge in [-0.1, -0.05) is 32.9 Å². The van der Waals surface area contributed by atoms with Gasteiger partial charge in [-0.05, 0) is 57.2 Å². The van der Waals surface area contributed by atoms with Gasteiger partial charge in [-0.25, -0.2) is 14.4 Å². The molecule has 2 aromatic heterocycles. The van der Waals surface area contributed by atoms with Crippen LogP contribution in [-0.2, 0) is 25.5 Å². The van der Waals surface area contributed by atoms with E-state index >= 15 is 4.39 Å². The number of allylic oxidation sites excluding steroid dienone is 1. The fraction of sp³-hybridized carbons (Fsp3) is 0.731. The third-order valence-corrected chi connectivity index (χ3v) is 17.5. The summed E-state index contributed by atoms with van der Waals surface area (Å²) in [4.78, 5) is 23.0. The van der Waals surface area contributed by atoms with Gasteiger partial charge in [-0.2, -0.15) is 4.52 Å². The maximum absolute atomic E-state index is 16.2. The van der Waals surface area contributed by atoms with Crippen LogP contribution in [-0.4, -0.2) is 68.8 Å². The average molecular weight is 632 g/mol. The molecular weight excluding hydrogens is 591 g/mol. The lowest BCUT2D eigenvalue weighted by Gasteiger charge is -2.39. The Bertz CT molecular complexity index is 1320. The van der Waals surface area contributed by atoms with E-state index in [1.165, 1.54) is 28.6 Å². The van der Waals surface area contributed by atoms with E-state index in [1.54, 1.807) is 0 Å². The number of rotatable bonds is 9. The number of imidazole rings is 1. The van der Waals surface area contributed by atoms with E-state index in [4.69, 9.17) is 25.5 Å². The van der Waals surface area contributed by atoms with Gasteiger partial charge in [0.05, 0.1) is 23.5 Å². The molecule has 0 spiro atoms. The summed E-state index contributed by atoms with van der Waals surface area (Å²) in [7, 11) is -2.40. The minimum absolute atomic E-state index is 0.0413. The first-order valence-corrected chi connectivity index (χ1v) is 20.1. The molecule has 0 radical (unpaired) electrons. The van der Waals surface area contributed by atoms with Gasteiger partial charge in [-0.15, -0.1) is 0 Å². The van der Waals surface area contributed by atoms with Crippen molar-refractivity contribution in [3.05, 3.63) is 35.2 Å². The highest BCUT2D eigenvalue weighted by Crippen LogP contribution is 2.55. The van der Waals surface area contributed by atoms with Crippen molar-refractivity contribution in [1.29, 1.82) is 0 Å². The van der Waals surface area contributed by atoms with E-state index in [2.05, 4.69) is 55.4 Å². The Morgan fingerprint density at radius 1 is 1.45 bits per heavy atom. The predicted molar refractivity (Wildman–Crippen MR) is 163 cm³/mol. The first-order chi connectivity index (χ1) is 18.5.